The number of primary amides is 1. The Labute approximate surface area is 165 Å². The Morgan fingerprint density at radius 3 is 2.50 bits per heavy atom. The van der Waals surface area contributed by atoms with Gasteiger partial charge in [0.1, 0.15) is 5.75 Å². The van der Waals surface area contributed by atoms with E-state index in [1.54, 1.807) is 17.0 Å². The SMILES string of the molecule is CC(C)c1ccc(CN(C)CC(=O)N2C[C@@H](C(N)=O)Oc3ccccc32)cc1. The molecular weight excluding hydrogens is 354 g/mol. The van der Waals surface area contributed by atoms with Crippen molar-refractivity contribution >= 4 is 17.5 Å². The number of carbonyl (C=O) groups excluding carboxylic acids is 2. The summed E-state index contributed by atoms with van der Waals surface area (Å²) in [5, 5.41) is 0. The zero-order valence-corrected chi connectivity index (χ0v) is 16.6. The van der Waals surface area contributed by atoms with E-state index in [-0.39, 0.29) is 19.0 Å². The lowest BCUT2D eigenvalue weighted by Gasteiger charge is -2.34. The number of nitrogens with two attached hydrogens (primary N) is 1. The number of para-hydroxylation sites is 2. The Balaban J connectivity index is 1.68. The van der Waals surface area contributed by atoms with Crippen LogP contribution in [-0.2, 0) is 16.1 Å². The summed E-state index contributed by atoms with van der Waals surface area (Å²) in [4.78, 5) is 28.1. The van der Waals surface area contributed by atoms with Gasteiger partial charge in [-0.15, -0.1) is 0 Å². The van der Waals surface area contributed by atoms with Gasteiger partial charge in [0.2, 0.25) is 5.91 Å². The van der Waals surface area contributed by atoms with Crippen LogP contribution in [0.5, 0.6) is 5.75 Å². The van der Waals surface area contributed by atoms with Crippen molar-refractivity contribution in [2.24, 2.45) is 5.73 Å². The molecule has 0 aliphatic carbocycles. The first-order valence-corrected chi connectivity index (χ1v) is 9.48. The summed E-state index contributed by atoms with van der Waals surface area (Å²) >= 11 is 0. The first-order valence-electron chi connectivity index (χ1n) is 9.48. The number of benzene rings is 2. The lowest BCUT2D eigenvalue weighted by molar-refractivity contribution is -0.125. The van der Waals surface area contributed by atoms with Crippen molar-refractivity contribution in [3.05, 3.63) is 59.7 Å². The molecule has 2 aromatic carbocycles. The second-order valence-electron chi connectivity index (χ2n) is 7.55. The minimum absolute atomic E-state index is 0.0942. The summed E-state index contributed by atoms with van der Waals surface area (Å²) < 4.78 is 5.62. The Kier molecular flexibility index (Phi) is 5.99. The topological polar surface area (TPSA) is 75.9 Å². The van der Waals surface area contributed by atoms with Crippen LogP contribution in [0.3, 0.4) is 0 Å². The van der Waals surface area contributed by atoms with Crippen molar-refractivity contribution in [1.29, 1.82) is 0 Å². The highest BCUT2D eigenvalue weighted by Crippen LogP contribution is 2.33. The molecule has 6 nitrogen and oxygen atoms in total. The second kappa shape index (κ2) is 8.44. The average Bonchev–Trinajstić information content (AvgIpc) is 2.67. The smallest absolute Gasteiger partial charge is 0.260 e. The van der Waals surface area contributed by atoms with Crippen molar-refractivity contribution in [3.8, 4) is 5.75 Å². The number of fused-ring (bicyclic) bond motifs is 1. The van der Waals surface area contributed by atoms with Gasteiger partial charge in [-0.2, -0.15) is 0 Å². The molecule has 1 aliphatic heterocycles. The maximum atomic E-state index is 12.9. The molecule has 3 rings (SSSR count). The summed E-state index contributed by atoms with van der Waals surface area (Å²) in [6.07, 6.45) is -0.840. The first-order chi connectivity index (χ1) is 13.3. The van der Waals surface area contributed by atoms with Gasteiger partial charge in [-0.3, -0.25) is 14.5 Å². The van der Waals surface area contributed by atoms with Crippen LogP contribution < -0.4 is 15.4 Å². The van der Waals surface area contributed by atoms with Crippen LogP contribution in [0.4, 0.5) is 5.69 Å². The van der Waals surface area contributed by atoms with Gasteiger partial charge in [0.05, 0.1) is 18.8 Å². The number of hydrogen-bond donors (Lipinski definition) is 1. The maximum absolute atomic E-state index is 12.9. The van der Waals surface area contributed by atoms with Gasteiger partial charge in [-0.05, 0) is 36.2 Å². The van der Waals surface area contributed by atoms with Crippen molar-refractivity contribution in [2.45, 2.75) is 32.4 Å². The quantitative estimate of drug-likeness (QED) is 0.834. The van der Waals surface area contributed by atoms with Crippen LogP contribution in [0.2, 0.25) is 0 Å². The van der Waals surface area contributed by atoms with Crippen LogP contribution in [0.25, 0.3) is 0 Å². The highest BCUT2D eigenvalue weighted by Gasteiger charge is 2.32. The van der Waals surface area contributed by atoms with Crippen molar-refractivity contribution in [3.63, 3.8) is 0 Å². The molecule has 2 N–H and O–H groups in total. The molecule has 0 bridgehead atoms. The molecule has 28 heavy (non-hydrogen) atoms. The minimum atomic E-state index is -0.840. The first kappa shape index (κ1) is 19.9. The van der Waals surface area contributed by atoms with Gasteiger partial charge in [-0.1, -0.05) is 50.2 Å². The van der Waals surface area contributed by atoms with Gasteiger partial charge in [0.15, 0.2) is 6.10 Å². The lowest BCUT2D eigenvalue weighted by Crippen LogP contribution is -2.51. The molecule has 1 heterocycles. The van der Waals surface area contributed by atoms with Crippen LogP contribution >= 0.6 is 0 Å². The fourth-order valence-electron chi connectivity index (χ4n) is 3.31. The minimum Gasteiger partial charge on any atom is -0.477 e. The summed E-state index contributed by atoms with van der Waals surface area (Å²) in [5.74, 6) is 0.319. The molecule has 0 aromatic heterocycles. The molecule has 148 valence electrons. The predicted molar refractivity (Wildman–Crippen MR) is 109 cm³/mol. The third-order valence-electron chi connectivity index (χ3n) is 4.90. The third kappa shape index (κ3) is 4.51. The van der Waals surface area contributed by atoms with E-state index >= 15 is 0 Å². The maximum Gasteiger partial charge on any atom is 0.260 e. The fraction of sp³-hybridized carbons (Fsp3) is 0.364. The number of nitrogens with zero attached hydrogens (tertiary/aromatic N) is 2. The summed E-state index contributed by atoms with van der Waals surface area (Å²) in [6.45, 7) is 5.35. The third-order valence-corrected chi connectivity index (χ3v) is 4.90. The highest BCUT2D eigenvalue weighted by atomic mass is 16.5. The summed E-state index contributed by atoms with van der Waals surface area (Å²) in [7, 11) is 1.91. The van der Waals surface area contributed by atoms with Crippen LogP contribution in [0.1, 0.15) is 30.9 Å². The van der Waals surface area contributed by atoms with E-state index in [0.717, 1.165) is 5.56 Å². The lowest BCUT2D eigenvalue weighted by atomic mass is 10.0. The van der Waals surface area contributed by atoms with E-state index < -0.39 is 12.0 Å². The van der Waals surface area contributed by atoms with E-state index in [0.29, 0.717) is 23.9 Å². The van der Waals surface area contributed by atoms with E-state index in [4.69, 9.17) is 10.5 Å². The Bertz CT molecular complexity index is 848. The molecule has 1 aliphatic rings. The van der Waals surface area contributed by atoms with Gasteiger partial charge in [-0.25, -0.2) is 0 Å². The predicted octanol–water partition coefficient (Wildman–Crippen LogP) is 2.52. The Hall–Kier alpha value is -2.86. The van der Waals surface area contributed by atoms with Crippen LogP contribution in [0.15, 0.2) is 48.5 Å². The Morgan fingerprint density at radius 2 is 1.86 bits per heavy atom. The number of amides is 2. The molecule has 1 atom stereocenters. The number of rotatable bonds is 6. The normalized spacial score (nSPS) is 16.0. The zero-order chi connectivity index (χ0) is 20.3. The molecule has 2 aromatic rings. The standard InChI is InChI=1S/C22H27N3O3/c1-15(2)17-10-8-16(9-11-17)12-24(3)14-21(26)25-13-20(22(23)27)28-19-7-5-4-6-18(19)25/h4-11,15,20H,12-14H2,1-3H3,(H2,23,27)/t20-/m0/s1. The number of carbonyl (C=O) groups is 2. The number of likely N-dealkylation sites (N-methyl/N-ethyl adjacent to an activating group) is 1. The average molecular weight is 381 g/mol. The van der Waals surface area contributed by atoms with E-state index in [1.165, 1.54) is 5.56 Å². The fourth-order valence-corrected chi connectivity index (χ4v) is 3.31. The van der Waals surface area contributed by atoms with Crippen molar-refractivity contribution in [1.82, 2.24) is 4.90 Å². The van der Waals surface area contributed by atoms with Crippen molar-refractivity contribution < 1.29 is 14.3 Å². The number of ether oxygens (including phenoxy) is 1. The monoisotopic (exact) mass is 381 g/mol. The van der Waals surface area contributed by atoms with Crippen LogP contribution in [-0.4, -0.2) is 43.0 Å². The molecule has 0 saturated carbocycles. The van der Waals surface area contributed by atoms with Gasteiger partial charge in [0, 0.05) is 6.54 Å². The molecule has 0 fully saturated rings. The molecular formula is C22H27N3O3. The second-order valence-corrected chi connectivity index (χ2v) is 7.55. The van der Waals surface area contributed by atoms with Gasteiger partial charge >= 0.3 is 0 Å². The Morgan fingerprint density at radius 1 is 1.18 bits per heavy atom. The zero-order valence-electron chi connectivity index (χ0n) is 16.6. The van der Waals surface area contributed by atoms with E-state index in [9.17, 15) is 9.59 Å². The molecule has 0 spiro atoms. The number of anilines is 1. The largest absolute Gasteiger partial charge is 0.477 e. The highest BCUT2D eigenvalue weighted by molar-refractivity contribution is 5.98. The van der Waals surface area contributed by atoms with E-state index in [1.807, 2.05) is 24.1 Å². The van der Waals surface area contributed by atoms with Gasteiger partial charge in [0.25, 0.3) is 5.91 Å². The number of hydrogen-bond acceptors (Lipinski definition) is 4. The van der Waals surface area contributed by atoms with Crippen LogP contribution in [0, 0.1) is 0 Å². The molecule has 0 radical (unpaired) electrons. The molecule has 0 saturated heterocycles. The van der Waals surface area contributed by atoms with E-state index in [2.05, 4.69) is 38.1 Å². The summed E-state index contributed by atoms with van der Waals surface area (Å²) in [5.41, 5.74) is 8.52. The van der Waals surface area contributed by atoms with Gasteiger partial charge < -0.3 is 15.4 Å². The summed E-state index contributed by atoms with van der Waals surface area (Å²) in [6, 6.07) is 15.7. The molecule has 0 unspecified atom stereocenters. The molecule has 2 amide bonds. The van der Waals surface area contributed by atoms with Crippen molar-refractivity contribution in [2.75, 3.05) is 25.0 Å². The molecule has 6 heteroatoms.